The summed E-state index contributed by atoms with van der Waals surface area (Å²) in [5.41, 5.74) is 0. The molecule has 2 amide bonds. The molecule has 4 nitrogen and oxygen atoms in total. The minimum absolute atomic E-state index is 0.00287. The zero-order valence-electron chi connectivity index (χ0n) is 10.9. The molecule has 1 aliphatic rings. The Hall–Kier alpha value is -0.710. The van der Waals surface area contributed by atoms with Crippen molar-refractivity contribution in [3.8, 4) is 0 Å². The summed E-state index contributed by atoms with van der Waals surface area (Å²) in [5.74, 6) is 1.30. The summed E-state index contributed by atoms with van der Waals surface area (Å²) in [5, 5.41) is 2.68. The van der Waals surface area contributed by atoms with Crippen molar-refractivity contribution in [3.05, 3.63) is 0 Å². The molecule has 2 atom stereocenters. The first-order valence-corrected chi connectivity index (χ1v) is 7.57. The van der Waals surface area contributed by atoms with Crippen molar-refractivity contribution in [1.29, 1.82) is 0 Å². The molecule has 2 unspecified atom stereocenters. The number of thioether (sulfide) groups is 1. The lowest BCUT2D eigenvalue weighted by Crippen LogP contribution is -2.60. The first kappa shape index (κ1) is 14.4. The second-order valence-electron chi connectivity index (χ2n) is 4.48. The molecule has 17 heavy (non-hydrogen) atoms. The van der Waals surface area contributed by atoms with Crippen molar-refractivity contribution < 1.29 is 9.59 Å². The van der Waals surface area contributed by atoms with E-state index in [9.17, 15) is 9.59 Å². The second kappa shape index (κ2) is 6.89. The van der Waals surface area contributed by atoms with Gasteiger partial charge in [-0.25, -0.2) is 0 Å². The molecule has 0 aliphatic carbocycles. The Morgan fingerprint density at radius 3 is 2.82 bits per heavy atom. The van der Waals surface area contributed by atoms with Crippen LogP contribution >= 0.6 is 11.8 Å². The molecule has 0 aromatic heterocycles. The number of hydrogen-bond acceptors (Lipinski definition) is 3. The highest BCUT2D eigenvalue weighted by Gasteiger charge is 2.36. The van der Waals surface area contributed by atoms with Crippen LogP contribution in [0.5, 0.6) is 0 Å². The highest BCUT2D eigenvalue weighted by atomic mass is 32.2. The third-order valence-corrected chi connectivity index (χ3v) is 3.97. The van der Waals surface area contributed by atoms with Crippen molar-refractivity contribution in [1.82, 2.24) is 10.2 Å². The summed E-state index contributed by atoms with van der Waals surface area (Å²) >= 11 is 1.77. The molecule has 1 aliphatic heterocycles. The third-order valence-electron chi connectivity index (χ3n) is 3.27. The number of nitrogens with one attached hydrogen (secondary N) is 1. The van der Waals surface area contributed by atoms with E-state index >= 15 is 0 Å². The molecule has 0 bridgehead atoms. The third kappa shape index (κ3) is 3.63. The topological polar surface area (TPSA) is 49.4 Å². The number of hydrogen-bond donors (Lipinski definition) is 1. The van der Waals surface area contributed by atoms with Gasteiger partial charge in [-0.3, -0.25) is 9.59 Å². The van der Waals surface area contributed by atoms with Crippen molar-refractivity contribution in [2.45, 2.75) is 32.7 Å². The summed E-state index contributed by atoms with van der Waals surface area (Å²) in [4.78, 5) is 25.5. The lowest BCUT2D eigenvalue weighted by Gasteiger charge is -2.38. The molecule has 98 valence electrons. The molecule has 1 heterocycles. The monoisotopic (exact) mass is 258 g/mol. The fourth-order valence-electron chi connectivity index (χ4n) is 2.10. The summed E-state index contributed by atoms with van der Waals surface area (Å²) in [6.07, 6.45) is 3.91. The summed E-state index contributed by atoms with van der Waals surface area (Å²) in [7, 11) is 0. The lowest BCUT2D eigenvalue weighted by atomic mass is 9.95. The van der Waals surface area contributed by atoms with Crippen LogP contribution in [0.4, 0.5) is 0 Å². The van der Waals surface area contributed by atoms with E-state index in [1.54, 1.807) is 16.7 Å². The molecule has 1 N–H and O–H groups in total. The standard InChI is InChI=1S/C12H22N2O2S/c1-4-9(2)11-12(16)13-8-10(15)14(11)6-5-7-17-3/h9,11H,4-8H2,1-3H3,(H,13,16). The van der Waals surface area contributed by atoms with Crippen LogP contribution in [0.3, 0.4) is 0 Å². The van der Waals surface area contributed by atoms with Gasteiger partial charge in [0.25, 0.3) is 0 Å². The van der Waals surface area contributed by atoms with Gasteiger partial charge in [-0.15, -0.1) is 0 Å². The Bertz CT molecular complexity index is 284. The van der Waals surface area contributed by atoms with Gasteiger partial charge < -0.3 is 10.2 Å². The number of piperazine rings is 1. The fourth-order valence-corrected chi connectivity index (χ4v) is 2.52. The Balaban J connectivity index is 2.69. The molecule has 5 heteroatoms. The maximum atomic E-state index is 11.9. The van der Waals surface area contributed by atoms with Gasteiger partial charge in [0.05, 0.1) is 6.54 Å². The van der Waals surface area contributed by atoms with E-state index in [0.717, 1.165) is 18.6 Å². The van der Waals surface area contributed by atoms with Crippen molar-refractivity contribution in [2.75, 3.05) is 25.1 Å². The van der Waals surface area contributed by atoms with Gasteiger partial charge in [0.15, 0.2) is 0 Å². The highest BCUT2D eigenvalue weighted by Crippen LogP contribution is 2.18. The van der Waals surface area contributed by atoms with E-state index in [1.165, 1.54) is 0 Å². The highest BCUT2D eigenvalue weighted by molar-refractivity contribution is 7.98. The van der Waals surface area contributed by atoms with Crippen molar-refractivity contribution in [3.63, 3.8) is 0 Å². The molecule has 1 rings (SSSR count). The molecule has 0 aromatic carbocycles. The van der Waals surface area contributed by atoms with E-state index in [1.807, 2.05) is 6.92 Å². The van der Waals surface area contributed by atoms with Gasteiger partial charge in [0.1, 0.15) is 6.04 Å². The van der Waals surface area contributed by atoms with Crippen LogP contribution in [-0.2, 0) is 9.59 Å². The van der Waals surface area contributed by atoms with Crippen LogP contribution in [-0.4, -0.2) is 47.9 Å². The summed E-state index contributed by atoms with van der Waals surface area (Å²) in [6, 6.07) is -0.275. The molecule has 1 saturated heterocycles. The van der Waals surface area contributed by atoms with Gasteiger partial charge in [-0.05, 0) is 24.3 Å². The predicted octanol–water partition coefficient (Wildman–Crippen LogP) is 1.11. The molecule has 1 fully saturated rings. The minimum atomic E-state index is -0.275. The molecular weight excluding hydrogens is 236 g/mol. The maximum Gasteiger partial charge on any atom is 0.243 e. The average molecular weight is 258 g/mol. The number of carbonyl (C=O) groups excluding carboxylic acids is 2. The zero-order chi connectivity index (χ0) is 12.8. The average Bonchev–Trinajstić information content (AvgIpc) is 2.33. The van der Waals surface area contributed by atoms with E-state index in [-0.39, 0.29) is 30.3 Å². The second-order valence-corrected chi connectivity index (χ2v) is 5.47. The molecular formula is C12H22N2O2S. The van der Waals surface area contributed by atoms with E-state index in [0.29, 0.717) is 6.54 Å². The number of carbonyl (C=O) groups is 2. The first-order valence-electron chi connectivity index (χ1n) is 6.18. The van der Waals surface area contributed by atoms with Crippen LogP contribution in [0.2, 0.25) is 0 Å². The smallest absolute Gasteiger partial charge is 0.243 e. The molecule has 0 spiro atoms. The van der Waals surface area contributed by atoms with Gasteiger partial charge in [0.2, 0.25) is 11.8 Å². The van der Waals surface area contributed by atoms with Crippen LogP contribution in [0.1, 0.15) is 26.7 Å². The Kier molecular flexibility index (Phi) is 5.82. The quantitative estimate of drug-likeness (QED) is 0.726. The van der Waals surface area contributed by atoms with Crippen molar-refractivity contribution in [2.24, 2.45) is 5.92 Å². The van der Waals surface area contributed by atoms with Crippen LogP contribution in [0, 0.1) is 5.92 Å². The van der Waals surface area contributed by atoms with Gasteiger partial charge in [-0.1, -0.05) is 20.3 Å². The van der Waals surface area contributed by atoms with E-state index in [4.69, 9.17) is 0 Å². The lowest BCUT2D eigenvalue weighted by molar-refractivity contribution is -0.147. The molecule has 0 radical (unpaired) electrons. The van der Waals surface area contributed by atoms with Crippen molar-refractivity contribution >= 4 is 23.6 Å². The molecule has 0 saturated carbocycles. The van der Waals surface area contributed by atoms with E-state index < -0.39 is 0 Å². The van der Waals surface area contributed by atoms with Crippen LogP contribution in [0.25, 0.3) is 0 Å². The first-order chi connectivity index (χ1) is 8.11. The van der Waals surface area contributed by atoms with Gasteiger partial charge >= 0.3 is 0 Å². The Morgan fingerprint density at radius 1 is 1.53 bits per heavy atom. The van der Waals surface area contributed by atoms with E-state index in [2.05, 4.69) is 18.5 Å². The van der Waals surface area contributed by atoms with Crippen LogP contribution < -0.4 is 5.32 Å². The molecule has 0 aromatic rings. The zero-order valence-corrected chi connectivity index (χ0v) is 11.7. The normalized spacial score (nSPS) is 22.5. The SMILES string of the molecule is CCC(C)C1C(=O)NCC(=O)N1CCCSC. The maximum absolute atomic E-state index is 11.9. The summed E-state index contributed by atoms with van der Waals surface area (Å²) in [6.45, 7) is 4.94. The van der Waals surface area contributed by atoms with Crippen LogP contribution in [0.15, 0.2) is 0 Å². The number of nitrogens with zero attached hydrogens (tertiary/aromatic N) is 1. The van der Waals surface area contributed by atoms with Gasteiger partial charge in [0, 0.05) is 6.54 Å². The largest absolute Gasteiger partial charge is 0.345 e. The minimum Gasteiger partial charge on any atom is -0.345 e. The Labute approximate surface area is 108 Å². The predicted molar refractivity (Wildman–Crippen MR) is 71.0 cm³/mol. The number of rotatable bonds is 6. The van der Waals surface area contributed by atoms with Gasteiger partial charge in [-0.2, -0.15) is 11.8 Å². The Morgan fingerprint density at radius 2 is 2.24 bits per heavy atom. The fraction of sp³-hybridized carbons (Fsp3) is 0.833. The summed E-state index contributed by atoms with van der Waals surface area (Å²) < 4.78 is 0. The number of amides is 2.